The summed E-state index contributed by atoms with van der Waals surface area (Å²) in [6, 6.07) is 45.1. The lowest BCUT2D eigenvalue weighted by Gasteiger charge is -2.13. The van der Waals surface area contributed by atoms with Crippen molar-refractivity contribution in [3.05, 3.63) is 185 Å². The van der Waals surface area contributed by atoms with Crippen LogP contribution in [0.4, 0.5) is 0 Å². The highest BCUT2D eigenvalue weighted by atomic mass is 32.2. The van der Waals surface area contributed by atoms with Crippen molar-refractivity contribution in [1.29, 1.82) is 0 Å². The summed E-state index contributed by atoms with van der Waals surface area (Å²) >= 11 is 1.52. The maximum absolute atomic E-state index is 13.0. The lowest BCUT2D eigenvalue weighted by molar-refractivity contribution is -0.253. The highest BCUT2D eigenvalue weighted by Gasteiger charge is 2.19. The molecule has 0 bridgehead atoms. The van der Waals surface area contributed by atoms with E-state index >= 15 is 0 Å². The first kappa shape index (κ1) is 36.3. The number of aromatic carboxylic acids is 1. The fourth-order valence-electron chi connectivity index (χ4n) is 5.32. The van der Waals surface area contributed by atoms with E-state index in [-0.39, 0.29) is 17.7 Å². The van der Waals surface area contributed by atoms with Gasteiger partial charge in [-0.1, -0.05) is 84.6 Å². The van der Waals surface area contributed by atoms with Crippen molar-refractivity contribution in [1.82, 2.24) is 0 Å². The fraction of sp³-hybridized carbons (Fsp3) is 0.0714. The average molecular weight is 699 g/mol. The third-order valence-electron chi connectivity index (χ3n) is 7.70. The number of hydrogen-bond acceptors (Lipinski definition) is 8. The summed E-state index contributed by atoms with van der Waals surface area (Å²) in [6.45, 7) is 2.00. The highest BCUT2D eigenvalue weighted by molar-refractivity contribution is 7.99. The topological polar surface area (TPSA) is 119 Å². The zero-order chi connectivity index (χ0) is 36.0. The second-order valence-electron chi connectivity index (χ2n) is 11.3. The zero-order valence-corrected chi connectivity index (χ0v) is 28.3. The Kier molecular flexibility index (Phi) is 12.9. The minimum absolute atomic E-state index is 0.00103. The van der Waals surface area contributed by atoms with Crippen molar-refractivity contribution in [2.45, 2.75) is 29.2 Å². The molecule has 0 aromatic heterocycles. The second-order valence-corrected chi connectivity index (χ2v) is 12.4. The molecule has 8 nitrogen and oxygen atoms in total. The molecule has 0 spiro atoms. The smallest absolute Gasteiger partial charge is 0.344 e. The van der Waals surface area contributed by atoms with Gasteiger partial charge in [-0.15, -0.1) is 0 Å². The number of carboxylic acids is 1. The SMILES string of the molecule is C=O.O=C(O)c1cc(Cc2ccccc2)ccc1C(=O)Oc1ccc(Sc2ccc(Oc3ccc(Cc4ccccc4)cc3COO)cc2)cc1. The van der Waals surface area contributed by atoms with E-state index in [0.29, 0.717) is 23.7 Å². The maximum atomic E-state index is 13.0. The number of rotatable bonds is 13. The van der Waals surface area contributed by atoms with E-state index in [9.17, 15) is 14.7 Å². The molecule has 51 heavy (non-hydrogen) atoms. The maximum Gasteiger partial charge on any atom is 0.344 e. The molecule has 0 unspecified atom stereocenters. The van der Waals surface area contributed by atoms with Crippen LogP contribution >= 0.6 is 11.8 Å². The standard InChI is InChI=1S/C41H32O7S.CH2O/c42-40(43)38-26-31(24-29-9-5-2-6-10-29)11-21-37(38)41(44)48-34-15-19-36(20-16-34)49-35-17-13-33(14-18-35)47-39-22-12-30(25-32(39)27-46-45)23-28-7-3-1-4-8-28;1-2/h1-22,25-26,45H,23-24,27H2,(H,42,43);1H2. The van der Waals surface area contributed by atoms with E-state index < -0.39 is 11.9 Å². The summed E-state index contributed by atoms with van der Waals surface area (Å²) in [5.74, 6) is -0.397. The fourth-order valence-corrected chi connectivity index (χ4v) is 6.14. The second kappa shape index (κ2) is 18.1. The quantitative estimate of drug-likeness (QED) is 0.0526. The van der Waals surface area contributed by atoms with Crippen molar-refractivity contribution in [2.24, 2.45) is 0 Å². The first-order valence-corrected chi connectivity index (χ1v) is 16.6. The van der Waals surface area contributed by atoms with E-state index in [4.69, 9.17) is 19.5 Å². The summed E-state index contributed by atoms with van der Waals surface area (Å²) in [5, 5.41) is 19.0. The van der Waals surface area contributed by atoms with Crippen molar-refractivity contribution in [2.75, 3.05) is 0 Å². The van der Waals surface area contributed by atoms with Crippen LogP contribution in [0.5, 0.6) is 17.2 Å². The van der Waals surface area contributed by atoms with Crippen LogP contribution in [0.3, 0.4) is 0 Å². The largest absolute Gasteiger partial charge is 0.478 e. The van der Waals surface area contributed by atoms with Crippen LogP contribution in [0.15, 0.2) is 155 Å². The predicted octanol–water partition coefficient (Wildman–Crippen LogP) is 9.53. The molecular formula is C42H34O8S. The summed E-state index contributed by atoms with van der Waals surface area (Å²) in [7, 11) is 0. The van der Waals surface area contributed by atoms with Gasteiger partial charge in [0.25, 0.3) is 0 Å². The Labute approximate surface area is 299 Å². The third kappa shape index (κ3) is 10.3. The Hall–Kier alpha value is -6.00. The summed E-state index contributed by atoms with van der Waals surface area (Å²) < 4.78 is 11.7. The molecule has 0 aliphatic rings. The minimum Gasteiger partial charge on any atom is -0.478 e. The molecule has 2 N–H and O–H groups in total. The van der Waals surface area contributed by atoms with Gasteiger partial charge in [-0.25, -0.2) is 14.5 Å². The number of hydrogen-bond donors (Lipinski definition) is 2. The number of ether oxygens (including phenoxy) is 2. The molecule has 6 rings (SSSR count). The minimum atomic E-state index is -1.19. The Morgan fingerprint density at radius 3 is 1.67 bits per heavy atom. The van der Waals surface area contributed by atoms with E-state index in [2.05, 4.69) is 17.0 Å². The van der Waals surface area contributed by atoms with E-state index in [1.54, 1.807) is 18.2 Å². The van der Waals surface area contributed by atoms with Gasteiger partial charge in [0.15, 0.2) is 0 Å². The lowest BCUT2D eigenvalue weighted by atomic mass is 9.99. The number of benzene rings is 6. The van der Waals surface area contributed by atoms with Gasteiger partial charge in [-0.05, 0) is 108 Å². The predicted molar refractivity (Wildman–Crippen MR) is 195 cm³/mol. The monoisotopic (exact) mass is 698 g/mol. The van der Waals surface area contributed by atoms with E-state index in [1.807, 2.05) is 110 Å². The van der Waals surface area contributed by atoms with Gasteiger partial charge in [-0.3, -0.25) is 5.26 Å². The highest BCUT2D eigenvalue weighted by Crippen LogP contribution is 2.33. The molecule has 0 aliphatic heterocycles. The van der Waals surface area contributed by atoms with Crippen LogP contribution < -0.4 is 9.47 Å². The van der Waals surface area contributed by atoms with Crippen LogP contribution in [0.1, 0.15) is 48.5 Å². The normalized spacial score (nSPS) is 10.5. The molecule has 0 radical (unpaired) electrons. The van der Waals surface area contributed by atoms with Crippen molar-refractivity contribution < 1.29 is 39.1 Å². The first-order chi connectivity index (χ1) is 24.9. The number of carbonyl (C=O) groups is 3. The van der Waals surface area contributed by atoms with E-state index in [1.165, 1.54) is 29.5 Å². The summed E-state index contributed by atoms with van der Waals surface area (Å²) in [4.78, 5) is 39.3. The number of carboxylic acid groups (broad SMARTS) is 1. The summed E-state index contributed by atoms with van der Waals surface area (Å²) in [5.41, 5.74) is 4.72. The average Bonchev–Trinajstić information content (AvgIpc) is 3.16. The summed E-state index contributed by atoms with van der Waals surface area (Å²) in [6.07, 6.45) is 1.31. The van der Waals surface area contributed by atoms with Crippen molar-refractivity contribution in [3.8, 4) is 17.2 Å². The molecule has 6 aromatic rings. The van der Waals surface area contributed by atoms with Crippen LogP contribution in [0.25, 0.3) is 0 Å². The molecule has 0 heterocycles. The first-order valence-electron chi connectivity index (χ1n) is 15.8. The van der Waals surface area contributed by atoms with Gasteiger partial charge in [-0.2, -0.15) is 0 Å². The van der Waals surface area contributed by atoms with Gasteiger partial charge >= 0.3 is 11.9 Å². The Morgan fingerprint density at radius 2 is 1.12 bits per heavy atom. The molecular weight excluding hydrogens is 665 g/mol. The van der Waals surface area contributed by atoms with Crippen LogP contribution in [0.2, 0.25) is 0 Å². The van der Waals surface area contributed by atoms with Gasteiger partial charge in [0.2, 0.25) is 0 Å². The van der Waals surface area contributed by atoms with Crippen molar-refractivity contribution >= 4 is 30.5 Å². The van der Waals surface area contributed by atoms with Gasteiger partial charge in [0.1, 0.15) is 30.6 Å². The van der Waals surface area contributed by atoms with E-state index in [0.717, 1.165) is 38.5 Å². The molecule has 0 aliphatic carbocycles. The van der Waals surface area contributed by atoms with Gasteiger partial charge in [0, 0.05) is 15.4 Å². The molecule has 0 saturated heterocycles. The molecule has 0 saturated carbocycles. The van der Waals surface area contributed by atoms with Crippen molar-refractivity contribution in [3.63, 3.8) is 0 Å². The molecule has 0 fully saturated rings. The van der Waals surface area contributed by atoms with Crippen LogP contribution in [-0.2, 0) is 29.1 Å². The van der Waals surface area contributed by atoms with Crippen LogP contribution in [0, 0.1) is 0 Å². The number of carbonyl (C=O) groups excluding carboxylic acids is 2. The molecule has 6 aromatic carbocycles. The Morgan fingerprint density at radius 1 is 0.588 bits per heavy atom. The molecule has 256 valence electrons. The Bertz CT molecular complexity index is 2050. The number of esters is 1. The zero-order valence-electron chi connectivity index (χ0n) is 27.4. The molecule has 0 amide bonds. The molecule has 9 heteroatoms. The lowest BCUT2D eigenvalue weighted by Crippen LogP contribution is -2.14. The van der Waals surface area contributed by atoms with Gasteiger partial charge in [0.05, 0.1) is 11.1 Å². The molecule has 0 atom stereocenters. The Balaban J connectivity index is 0.00000248. The van der Waals surface area contributed by atoms with Crippen LogP contribution in [-0.4, -0.2) is 29.1 Å². The third-order valence-corrected chi connectivity index (χ3v) is 8.72. The van der Waals surface area contributed by atoms with Gasteiger partial charge < -0.3 is 19.4 Å².